The van der Waals surface area contributed by atoms with Crippen LogP contribution in [0.5, 0.6) is 0 Å². The molecule has 13 heavy (non-hydrogen) atoms. The predicted molar refractivity (Wildman–Crippen MR) is 61.8 cm³/mol. The number of hydrogen-bond donors (Lipinski definition) is 0. The summed E-state index contributed by atoms with van der Waals surface area (Å²) >= 11 is 0. The van der Waals surface area contributed by atoms with Gasteiger partial charge in [0.05, 0.1) is 0 Å². The molecule has 0 aliphatic carbocycles. The van der Waals surface area contributed by atoms with Gasteiger partial charge in [-0.1, -0.05) is 19.8 Å². The van der Waals surface area contributed by atoms with Crippen LogP contribution in [0.1, 0.15) is 25.3 Å². The van der Waals surface area contributed by atoms with Crippen LogP contribution in [0.4, 0.5) is 0 Å². The maximum Gasteiger partial charge on any atom is 5.00 e. The zero-order valence-corrected chi connectivity index (χ0v) is 12.0. The van der Waals surface area contributed by atoms with Gasteiger partial charge in [0.25, 0.3) is 0 Å². The van der Waals surface area contributed by atoms with Crippen LogP contribution in [0.2, 0.25) is 0 Å². The summed E-state index contributed by atoms with van der Waals surface area (Å²) < 4.78 is 0. The van der Waals surface area contributed by atoms with Gasteiger partial charge in [-0.05, 0) is 0 Å². The summed E-state index contributed by atoms with van der Waals surface area (Å²) in [5.41, 5.74) is 1.44. The molecule has 0 amide bonds. The number of hydrogen-bond acceptors (Lipinski definition) is 0. The molecule has 0 saturated carbocycles. The molecule has 0 aliphatic heterocycles. The Morgan fingerprint density at radius 3 is 1.31 bits per heavy atom. The van der Waals surface area contributed by atoms with Gasteiger partial charge >= 0.3 is 22.4 Å². The van der Waals surface area contributed by atoms with Crippen LogP contribution < -0.4 is 0 Å². The summed E-state index contributed by atoms with van der Waals surface area (Å²) in [6, 6.07) is 8.47. The van der Waals surface area contributed by atoms with E-state index < -0.39 is 0 Å². The van der Waals surface area contributed by atoms with Gasteiger partial charge in [0, 0.05) is 0 Å². The molecule has 1 heteroatoms. The third-order valence-electron chi connectivity index (χ3n) is 1.36. The van der Waals surface area contributed by atoms with Gasteiger partial charge in [-0.25, -0.2) is 12.1 Å². The molecule has 0 bridgehead atoms. The summed E-state index contributed by atoms with van der Waals surface area (Å²) in [5, 5.41) is 0. The Hall–Kier alpha value is 0.0903. The third-order valence-corrected chi connectivity index (χ3v) is 1.36. The van der Waals surface area contributed by atoms with Gasteiger partial charge in [-0.15, -0.1) is 0 Å². The predicted octanol–water partition coefficient (Wildman–Crippen LogP) is 4.33. The molecule has 1 aromatic rings. The average molecular weight is 260 g/mol. The smallest absolute Gasteiger partial charge is 0.358 e. The molecule has 76 valence electrons. The van der Waals surface area contributed by atoms with E-state index in [4.69, 9.17) is 0 Å². The standard InChI is InChI=1S/C8H11.4CH3.Nb/c1-7(2)8-5-3-4-6-8;;;;;/h3-7H,1-2H3;4*1H3;/q5*-1;+5. The molecule has 0 N–H and O–H groups in total. The van der Waals surface area contributed by atoms with E-state index in [-0.39, 0.29) is 52.1 Å². The van der Waals surface area contributed by atoms with Gasteiger partial charge in [-0.3, -0.25) is 0 Å². The summed E-state index contributed by atoms with van der Waals surface area (Å²) in [7, 11) is 0. The van der Waals surface area contributed by atoms with Crippen molar-refractivity contribution in [3.8, 4) is 0 Å². The van der Waals surface area contributed by atoms with Crippen molar-refractivity contribution >= 4 is 0 Å². The van der Waals surface area contributed by atoms with Gasteiger partial charge in [0.1, 0.15) is 0 Å². The summed E-state index contributed by atoms with van der Waals surface area (Å²) in [6.07, 6.45) is 0. The fourth-order valence-corrected chi connectivity index (χ4v) is 0.774. The molecule has 0 aromatic heterocycles. The van der Waals surface area contributed by atoms with E-state index in [1.807, 2.05) is 0 Å². The fourth-order valence-electron chi connectivity index (χ4n) is 0.774. The summed E-state index contributed by atoms with van der Waals surface area (Å²) in [5.74, 6) is 0.685. The molecule has 0 aliphatic rings. The molecule has 0 fully saturated rings. The van der Waals surface area contributed by atoms with E-state index >= 15 is 0 Å². The Morgan fingerprint density at radius 1 is 0.846 bits per heavy atom. The minimum atomic E-state index is 0. The van der Waals surface area contributed by atoms with E-state index in [9.17, 15) is 0 Å². The molecule has 0 saturated heterocycles. The normalized spacial score (nSPS) is 6.38. The van der Waals surface area contributed by atoms with Crippen LogP contribution >= 0.6 is 0 Å². The van der Waals surface area contributed by atoms with Crippen LogP contribution in [0.3, 0.4) is 0 Å². The minimum absolute atomic E-state index is 0. The summed E-state index contributed by atoms with van der Waals surface area (Å²) in [6.45, 7) is 4.41. The first-order chi connectivity index (χ1) is 3.80. The van der Waals surface area contributed by atoms with Crippen molar-refractivity contribution < 1.29 is 22.4 Å². The van der Waals surface area contributed by atoms with Crippen molar-refractivity contribution in [1.82, 2.24) is 0 Å². The average Bonchev–Trinajstić information content (AvgIpc) is 2.12. The second-order valence-corrected chi connectivity index (χ2v) is 2.37. The molecule has 0 unspecified atom stereocenters. The van der Waals surface area contributed by atoms with Crippen LogP contribution in [-0.2, 0) is 22.4 Å². The van der Waals surface area contributed by atoms with Crippen molar-refractivity contribution in [1.29, 1.82) is 0 Å². The maximum atomic E-state index is 2.20. The van der Waals surface area contributed by atoms with Crippen LogP contribution in [0.15, 0.2) is 24.3 Å². The topological polar surface area (TPSA) is 0 Å². The number of rotatable bonds is 1. The molecule has 0 radical (unpaired) electrons. The third kappa shape index (κ3) is 10.0. The monoisotopic (exact) mass is 260 g/mol. The van der Waals surface area contributed by atoms with Gasteiger partial charge in [0.2, 0.25) is 0 Å². The van der Waals surface area contributed by atoms with Gasteiger partial charge in [-0.2, -0.15) is 17.7 Å². The Balaban J connectivity index is -0.0000000427. The van der Waals surface area contributed by atoms with Crippen molar-refractivity contribution in [2.24, 2.45) is 0 Å². The summed E-state index contributed by atoms with van der Waals surface area (Å²) in [4.78, 5) is 0. The van der Waals surface area contributed by atoms with E-state index in [0.717, 1.165) is 0 Å². The zero-order chi connectivity index (χ0) is 5.98. The van der Waals surface area contributed by atoms with Crippen LogP contribution in [0.25, 0.3) is 0 Å². The van der Waals surface area contributed by atoms with E-state index in [1.54, 1.807) is 0 Å². The second kappa shape index (κ2) is 14.6. The van der Waals surface area contributed by atoms with Crippen LogP contribution in [0, 0.1) is 29.7 Å². The van der Waals surface area contributed by atoms with Crippen molar-refractivity contribution in [2.45, 2.75) is 19.8 Å². The molecular weight excluding hydrogens is 237 g/mol. The Morgan fingerprint density at radius 2 is 1.15 bits per heavy atom. The molecule has 0 nitrogen and oxygen atoms in total. The van der Waals surface area contributed by atoms with Crippen molar-refractivity contribution in [2.75, 3.05) is 0 Å². The molecular formula is C12H23Nb. The first-order valence-corrected chi connectivity index (χ1v) is 3.02. The van der Waals surface area contributed by atoms with E-state index in [1.165, 1.54) is 5.56 Å². The first-order valence-electron chi connectivity index (χ1n) is 3.02. The van der Waals surface area contributed by atoms with Gasteiger partial charge in [0.15, 0.2) is 0 Å². The largest absolute Gasteiger partial charge is 5.00 e. The Bertz CT molecular complexity index is 140. The maximum absolute atomic E-state index is 2.20. The first kappa shape index (κ1) is 29.2. The molecule has 0 spiro atoms. The van der Waals surface area contributed by atoms with E-state index in [2.05, 4.69) is 38.1 Å². The van der Waals surface area contributed by atoms with Crippen molar-refractivity contribution in [3.63, 3.8) is 0 Å². The van der Waals surface area contributed by atoms with Gasteiger partial charge < -0.3 is 29.7 Å². The fraction of sp³-hybridized carbons (Fsp3) is 0.250. The van der Waals surface area contributed by atoms with Crippen LogP contribution in [-0.4, -0.2) is 0 Å². The second-order valence-electron chi connectivity index (χ2n) is 2.37. The van der Waals surface area contributed by atoms with Crippen molar-refractivity contribution in [3.05, 3.63) is 59.5 Å². The zero-order valence-electron chi connectivity index (χ0n) is 9.83. The Labute approximate surface area is 102 Å². The minimum Gasteiger partial charge on any atom is -0.358 e. The SMILES string of the molecule is CC(C)[c-]1cccc1.[CH3-].[CH3-].[CH3-].[CH3-].[Nb+5]. The Kier molecular flexibility index (Phi) is 32.8. The molecule has 1 rings (SSSR count). The molecule has 0 atom stereocenters. The quantitative estimate of drug-likeness (QED) is 0.521. The molecule has 0 heterocycles. The molecule has 1 aromatic carbocycles. The van der Waals surface area contributed by atoms with E-state index in [0.29, 0.717) is 5.92 Å².